The Morgan fingerprint density at radius 2 is 0.486 bits per heavy atom. The lowest BCUT2D eigenvalue weighted by atomic mass is 9.99. The molecule has 0 aliphatic carbocycles. The highest BCUT2D eigenvalue weighted by molar-refractivity contribution is 7.47. The van der Waals surface area contributed by atoms with E-state index in [9.17, 15) is 43.2 Å². The van der Waals surface area contributed by atoms with Crippen molar-refractivity contribution in [2.45, 2.75) is 477 Å². The highest BCUT2D eigenvalue weighted by atomic mass is 31.2. The summed E-state index contributed by atoms with van der Waals surface area (Å²) in [5, 5.41) is 10.7. The number of esters is 4. The van der Waals surface area contributed by atoms with Crippen LogP contribution in [0.15, 0.2) is 0 Å². The molecule has 105 heavy (non-hydrogen) atoms. The van der Waals surface area contributed by atoms with Crippen molar-refractivity contribution in [2.75, 3.05) is 39.6 Å². The highest BCUT2D eigenvalue weighted by Gasteiger charge is 2.30. The van der Waals surface area contributed by atoms with Crippen LogP contribution in [-0.4, -0.2) is 96.7 Å². The lowest BCUT2D eigenvalue weighted by Gasteiger charge is -2.21. The predicted molar refractivity (Wildman–Crippen MR) is 432 cm³/mol. The van der Waals surface area contributed by atoms with Crippen molar-refractivity contribution >= 4 is 39.5 Å². The van der Waals surface area contributed by atoms with E-state index in [4.69, 9.17) is 37.0 Å². The molecule has 0 heterocycles. The fourth-order valence-electron chi connectivity index (χ4n) is 13.4. The van der Waals surface area contributed by atoms with Crippen LogP contribution in [0.3, 0.4) is 0 Å². The van der Waals surface area contributed by atoms with Crippen LogP contribution < -0.4 is 0 Å². The van der Waals surface area contributed by atoms with Gasteiger partial charge in [0.25, 0.3) is 0 Å². The second-order valence-corrected chi connectivity index (χ2v) is 34.6. The van der Waals surface area contributed by atoms with Gasteiger partial charge in [0, 0.05) is 25.7 Å². The Morgan fingerprint density at radius 3 is 0.724 bits per heavy atom. The fraction of sp³-hybridized carbons (Fsp3) is 0.953. The smallest absolute Gasteiger partial charge is 0.462 e. The van der Waals surface area contributed by atoms with Crippen molar-refractivity contribution in [3.63, 3.8) is 0 Å². The van der Waals surface area contributed by atoms with Crippen molar-refractivity contribution in [1.82, 2.24) is 0 Å². The molecule has 19 heteroatoms. The second kappa shape index (κ2) is 77.4. The zero-order chi connectivity index (χ0) is 77.1. The number of carbonyl (C=O) groups excluding carboxylic acids is 4. The van der Waals surface area contributed by atoms with Gasteiger partial charge in [0.05, 0.1) is 26.4 Å². The summed E-state index contributed by atoms with van der Waals surface area (Å²) in [5.41, 5.74) is 0. The number of ether oxygens (including phenoxy) is 4. The highest BCUT2D eigenvalue weighted by Crippen LogP contribution is 2.45. The summed E-state index contributed by atoms with van der Waals surface area (Å²) in [6.07, 6.45) is 69.2. The average Bonchev–Trinajstić information content (AvgIpc) is 0.964. The van der Waals surface area contributed by atoms with Gasteiger partial charge in [-0.1, -0.05) is 408 Å². The van der Waals surface area contributed by atoms with Crippen molar-refractivity contribution < 1.29 is 80.2 Å². The fourth-order valence-corrected chi connectivity index (χ4v) is 15.0. The van der Waals surface area contributed by atoms with E-state index in [-0.39, 0.29) is 25.7 Å². The molecule has 0 aromatic rings. The molecular weight excluding hydrogens is 1370 g/mol. The van der Waals surface area contributed by atoms with E-state index < -0.39 is 97.5 Å². The molecule has 0 aromatic heterocycles. The van der Waals surface area contributed by atoms with Crippen LogP contribution in [0.1, 0.15) is 459 Å². The van der Waals surface area contributed by atoms with Gasteiger partial charge in [-0.05, 0) is 37.5 Å². The molecule has 3 unspecified atom stereocenters. The molecule has 6 atom stereocenters. The van der Waals surface area contributed by atoms with Crippen LogP contribution >= 0.6 is 15.6 Å². The third kappa shape index (κ3) is 78.5. The maximum absolute atomic E-state index is 13.1. The number of hydrogen-bond donors (Lipinski definition) is 3. The molecule has 624 valence electrons. The Kier molecular flexibility index (Phi) is 76.0. The molecule has 0 bridgehead atoms. The summed E-state index contributed by atoms with van der Waals surface area (Å²) < 4.78 is 68.9. The molecule has 0 saturated carbocycles. The van der Waals surface area contributed by atoms with Gasteiger partial charge < -0.3 is 33.8 Å². The minimum absolute atomic E-state index is 0.109. The maximum Gasteiger partial charge on any atom is 0.472 e. The molecule has 0 aromatic carbocycles. The number of aliphatic hydroxyl groups excluding tert-OH is 1. The summed E-state index contributed by atoms with van der Waals surface area (Å²) in [7, 11) is -9.93. The minimum atomic E-state index is -4.97. The van der Waals surface area contributed by atoms with E-state index in [0.717, 1.165) is 102 Å². The van der Waals surface area contributed by atoms with Crippen LogP contribution in [0.5, 0.6) is 0 Å². The van der Waals surface area contributed by atoms with Crippen LogP contribution in [0.25, 0.3) is 0 Å². The Bertz CT molecular complexity index is 2010. The van der Waals surface area contributed by atoms with Gasteiger partial charge in [-0.15, -0.1) is 0 Å². The Morgan fingerprint density at radius 1 is 0.276 bits per heavy atom. The summed E-state index contributed by atoms with van der Waals surface area (Å²) in [6.45, 7) is 9.76. The van der Waals surface area contributed by atoms with E-state index in [1.807, 2.05) is 0 Å². The van der Waals surface area contributed by atoms with Crippen LogP contribution in [0.4, 0.5) is 0 Å². The lowest BCUT2D eigenvalue weighted by Crippen LogP contribution is -2.30. The first kappa shape index (κ1) is 103. The largest absolute Gasteiger partial charge is 0.472 e. The molecule has 0 aliphatic heterocycles. The van der Waals surface area contributed by atoms with Crippen LogP contribution in [0.2, 0.25) is 0 Å². The van der Waals surface area contributed by atoms with E-state index in [2.05, 4.69) is 41.5 Å². The molecule has 0 radical (unpaired) electrons. The van der Waals surface area contributed by atoms with Crippen molar-refractivity contribution in [1.29, 1.82) is 0 Å². The second-order valence-electron chi connectivity index (χ2n) is 31.6. The molecule has 17 nitrogen and oxygen atoms in total. The van der Waals surface area contributed by atoms with Gasteiger partial charge >= 0.3 is 39.5 Å². The van der Waals surface area contributed by atoms with Crippen molar-refractivity contribution in [2.24, 2.45) is 11.8 Å². The number of carbonyl (C=O) groups is 4. The molecule has 0 saturated heterocycles. The number of rotatable bonds is 85. The number of hydrogen-bond acceptors (Lipinski definition) is 15. The normalized spacial score (nSPS) is 14.1. The molecule has 0 amide bonds. The first-order valence-electron chi connectivity index (χ1n) is 44.5. The Hall–Kier alpha value is -1.94. The SMILES string of the molecule is CCCCCCCCCCCCCCCCC(=O)O[C@H](COC(=O)CCCCCCCCCCCCCCC)COP(=O)(O)OC[C@H](O)COP(=O)(O)OC[C@@H](COC(=O)CCCCCCCCCCCCCCCC(C)C)OC(=O)CCCCCCCCCCCCCCCCCCCCC(C)CC. The number of aliphatic hydroxyl groups is 1. The third-order valence-electron chi connectivity index (χ3n) is 20.6. The zero-order valence-electron chi connectivity index (χ0n) is 69.0. The van der Waals surface area contributed by atoms with Crippen molar-refractivity contribution in [3.8, 4) is 0 Å². The Balaban J connectivity index is 5.24. The molecule has 0 spiro atoms. The summed E-state index contributed by atoms with van der Waals surface area (Å²) in [6, 6.07) is 0. The maximum atomic E-state index is 13.1. The van der Waals surface area contributed by atoms with Crippen LogP contribution in [0, 0.1) is 11.8 Å². The average molecular weight is 1540 g/mol. The van der Waals surface area contributed by atoms with Gasteiger partial charge in [-0.25, -0.2) is 9.13 Å². The summed E-state index contributed by atoms with van der Waals surface area (Å²) >= 11 is 0. The number of phosphoric acid groups is 2. The molecule has 0 fully saturated rings. The lowest BCUT2D eigenvalue weighted by molar-refractivity contribution is -0.161. The van der Waals surface area contributed by atoms with Crippen molar-refractivity contribution in [3.05, 3.63) is 0 Å². The van der Waals surface area contributed by atoms with Gasteiger partial charge in [0.2, 0.25) is 0 Å². The molecule has 0 rings (SSSR count). The first-order valence-corrected chi connectivity index (χ1v) is 47.5. The Labute approximate surface area is 645 Å². The number of unbranched alkanes of at least 4 members (excludes halogenated alkanes) is 54. The third-order valence-corrected chi connectivity index (χ3v) is 22.5. The summed E-state index contributed by atoms with van der Waals surface area (Å²) in [5.74, 6) is -0.437. The van der Waals surface area contributed by atoms with E-state index in [1.54, 1.807) is 0 Å². The topological polar surface area (TPSA) is 237 Å². The van der Waals surface area contributed by atoms with Crippen LogP contribution in [-0.2, 0) is 65.4 Å². The van der Waals surface area contributed by atoms with E-state index in [1.165, 1.54) is 276 Å². The summed E-state index contributed by atoms with van der Waals surface area (Å²) in [4.78, 5) is 73.2. The quantitative estimate of drug-likeness (QED) is 0.0222. The van der Waals surface area contributed by atoms with Gasteiger partial charge in [-0.2, -0.15) is 0 Å². The van der Waals surface area contributed by atoms with Gasteiger partial charge in [-0.3, -0.25) is 37.3 Å². The monoisotopic (exact) mass is 1540 g/mol. The standard InChI is InChI=1S/C86H168O17P2/c1-7-10-12-14-16-18-20-22-33-40-46-52-58-64-70-85(90)102-81(74-96-83(88)68-62-56-50-44-38-30-21-19-17-15-13-11-8-2)76-100-104(92,93)98-72-80(87)73-99-105(94,95)101-77-82(75-97-84(89)69-63-57-51-45-39-35-29-31-36-42-48-54-60-66-78(4)5)103-86(91)71-65-59-53-47-41-34-28-26-24-23-25-27-32-37-43-49-55-61-67-79(6)9-3/h78-82,87H,7-77H2,1-6H3,(H,92,93)(H,94,95)/t79?,80-,81+,82+/m0/s1. The molecular formula is C86H168O17P2. The van der Waals surface area contributed by atoms with E-state index in [0.29, 0.717) is 25.7 Å². The predicted octanol–water partition coefficient (Wildman–Crippen LogP) is 26.2. The molecule has 3 N–H and O–H groups in total. The van der Waals surface area contributed by atoms with Gasteiger partial charge in [0.15, 0.2) is 12.2 Å². The molecule has 0 aliphatic rings. The first-order chi connectivity index (χ1) is 50.9. The number of phosphoric ester groups is 2. The van der Waals surface area contributed by atoms with E-state index >= 15 is 0 Å². The van der Waals surface area contributed by atoms with Gasteiger partial charge in [0.1, 0.15) is 19.3 Å². The minimum Gasteiger partial charge on any atom is -0.462 e. The zero-order valence-corrected chi connectivity index (χ0v) is 70.8.